The Morgan fingerprint density at radius 2 is 1.24 bits per heavy atom. The van der Waals surface area contributed by atoms with E-state index in [0.717, 1.165) is 49.6 Å². The Morgan fingerprint density at radius 3 is 1.72 bits per heavy atom. The Bertz CT molecular complexity index is 827. The van der Waals surface area contributed by atoms with Gasteiger partial charge in [0, 0.05) is 32.5 Å². The summed E-state index contributed by atoms with van der Waals surface area (Å²) >= 11 is 21.1. The number of hydrogen-bond acceptors (Lipinski definition) is 1. The van der Waals surface area contributed by atoms with Gasteiger partial charge in [0.2, 0.25) is 0 Å². The van der Waals surface area contributed by atoms with E-state index in [1.807, 2.05) is 44.2 Å². The standard InChI is InChI=1S/C17H11Br6N2/c1-8(24-16-12(20)4-10(18)5-13(16)21)3-9(2)25-17-14(22)6-11(19)7-15(17)23/h3-7H,1-2H3/q-1/b8-3-,25-9?. The van der Waals surface area contributed by atoms with E-state index in [2.05, 4.69) is 106 Å². The number of halogens is 6. The van der Waals surface area contributed by atoms with Crippen LogP contribution < -0.4 is 0 Å². The van der Waals surface area contributed by atoms with Crippen LogP contribution in [0.4, 0.5) is 11.4 Å². The third-order valence-corrected chi connectivity index (χ3v) is 6.29. The highest BCUT2D eigenvalue weighted by molar-refractivity contribution is 9.12. The largest absolute Gasteiger partial charge is 0.660 e. The molecule has 2 aromatic carbocycles. The van der Waals surface area contributed by atoms with Gasteiger partial charge in [-0.2, -0.15) is 5.70 Å². The van der Waals surface area contributed by atoms with Crippen LogP contribution >= 0.6 is 95.6 Å². The summed E-state index contributed by atoms with van der Waals surface area (Å²) in [7, 11) is 0. The highest BCUT2D eigenvalue weighted by atomic mass is 79.9. The fraction of sp³-hybridized carbons (Fsp3) is 0.118. The lowest BCUT2D eigenvalue weighted by Gasteiger charge is -2.26. The minimum Gasteiger partial charge on any atom is -0.660 e. The molecule has 0 unspecified atom stereocenters. The van der Waals surface area contributed by atoms with Crippen molar-refractivity contribution in [2.75, 3.05) is 0 Å². The molecule has 0 spiro atoms. The minimum atomic E-state index is 0.843. The average Bonchev–Trinajstić information content (AvgIpc) is 2.46. The van der Waals surface area contributed by atoms with Crippen LogP contribution in [-0.2, 0) is 0 Å². The molecule has 2 nitrogen and oxygen atoms in total. The van der Waals surface area contributed by atoms with E-state index in [1.54, 1.807) is 0 Å². The number of benzene rings is 2. The van der Waals surface area contributed by atoms with Crippen molar-refractivity contribution in [3.8, 4) is 0 Å². The SMILES string of the molecule is CC(/C=C(/C)[N-]c1c(Br)cc(Br)cc1Br)=Nc1c(Br)cc(Br)cc1Br. The fourth-order valence-corrected chi connectivity index (χ4v) is 6.87. The van der Waals surface area contributed by atoms with Crippen molar-refractivity contribution in [2.45, 2.75) is 13.8 Å². The van der Waals surface area contributed by atoms with Gasteiger partial charge in [-0.05, 0) is 63.0 Å². The van der Waals surface area contributed by atoms with Crippen LogP contribution in [-0.4, -0.2) is 5.71 Å². The molecule has 0 aliphatic rings. The van der Waals surface area contributed by atoms with E-state index in [1.165, 1.54) is 0 Å². The number of rotatable bonds is 4. The van der Waals surface area contributed by atoms with Gasteiger partial charge >= 0.3 is 0 Å². The number of hydrogen-bond donors (Lipinski definition) is 0. The van der Waals surface area contributed by atoms with Crippen LogP contribution in [0.1, 0.15) is 13.8 Å². The first-order chi connectivity index (χ1) is 11.7. The van der Waals surface area contributed by atoms with Crippen molar-refractivity contribution in [3.63, 3.8) is 0 Å². The Morgan fingerprint density at radius 1 is 0.800 bits per heavy atom. The Hall–Kier alpha value is 0.530. The second-order valence-corrected chi connectivity index (χ2v) is 10.3. The maximum atomic E-state index is 4.67. The first kappa shape index (κ1) is 21.8. The van der Waals surface area contributed by atoms with E-state index in [0.29, 0.717) is 0 Å². The monoisotopic (exact) mass is 717 g/mol. The molecule has 2 aromatic rings. The normalized spacial score (nSPS) is 12.5. The molecular weight excluding hydrogens is 712 g/mol. The molecule has 2 rings (SSSR count). The molecule has 132 valence electrons. The van der Waals surface area contributed by atoms with Crippen molar-refractivity contribution >= 4 is 113 Å². The summed E-state index contributed by atoms with van der Waals surface area (Å²) in [5.41, 5.74) is 3.40. The molecule has 0 fully saturated rings. The molecule has 0 atom stereocenters. The summed E-state index contributed by atoms with van der Waals surface area (Å²) in [5.74, 6) is 0. The van der Waals surface area contributed by atoms with Gasteiger partial charge in [0.1, 0.15) is 0 Å². The quantitative estimate of drug-likeness (QED) is 0.281. The molecular formula is C17H11Br6N2-. The summed E-state index contributed by atoms with van der Waals surface area (Å²) in [6.07, 6.45) is 1.95. The highest BCUT2D eigenvalue weighted by Crippen LogP contribution is 2.41. The average molecular weight is 723 g/mol. The zero-order valence-electron chi connectivity index (χ0n) is 13.0. The Balaban J connectivity index is 2.28. The predicted octanol–water partition coefficient (Wildman–Crippen LogP) is 9.96. The van der Waals surface area contributed by atoms with Crippen LogP contribution in [0.2, 0.25) is 0 Å². The van der Waals surface area contributed by atoms with Crippen LogP contribution in [0.3, 0.4) is 0 Å². The van der Waals surface area contributed by atoms with Gasteiger partial charge in [-0.15, -0.1) is 5.69 Å². The second-order valence-electron chi connectivity index (χ2n) is 5.09. The van der Waals surface area contributed by atoms with Crippen LogP contribution in [0.5, 0.6) is 0 Å². The molecule has 0 radical (unpaired) electrons. The van der Waals surface area contributed by atoms with Gasteiger partial charge in [0.15, 0.2) is 0 Å². The number of aliphatic imine (C=N–C) groups is 1. The van der Waals surface area contributed by atoms with Crippen molar-refractivity contribution in [1.82, 2.24) is 0 Å². The lowest BCUT2D eigenvalue weighted by molar-refractivity contribution is 1.40. The van der Waals surface area contributed by atoms with Crippen molar-refractivity contribution in [1.29, 1.82) is 0 Å². The van der Waals surface area contributed by atoms with Crippen LogP contribution in [0.15, 0.2) is 67.9 Å². The topological polar surface area (TPSA) is 26.5 Å². The van der Waals surface area contributed by atoms with E-state index in [-0.39, 0.29) is 0 Å². The number of allylic oxidation sites excluding steroid dienone is 2. The molecule has 0 bridgehead atoms. The first-order valence-electron chi connectivity index (χ1n) is 6.92. The van der Waals surface area contributed by atoms with Gasteiger partial charge in [0.25, 0.3) is 0 Å². The van der Waals surface area contributed by atoms with Gasteiger partial charge in [0.05, 0.1) is 5.69 Å². The summed E-state index contributed by atoms with van der Waals surface area (Å²) < 4.78 is 5.61. The minimum absolute atomic E-state index is 0.843. The van der Waals surface area contributed by atoms with Gasteiger partial charge < -0.3 is 5.32 Å². The molecule has 0 aliphatic carbocycles. The van der Waals surface area contributed by atoms with E-state index in [4.69, 9.17) is 0 Å². The van der Waals surface area contributed by atoms with E-state index in [9.17, 15) is 0 Å². The molecule has 0 N–H and O–H groups in total. The molecule has 8 heteroatoms. The van der Waals surface area contributed by atoms with E-state index >= 15 is 0 Å². The third-order valence-electron chi connectivity index (χ3n) is 2.96. The summed E-state index contributed by atoms with van der Waals surface area (Å²) in [5, 5.41) is 4.67. The highest BCUT2D eigenvalue weighted by Gasteiger charge is 2.06. The lowest BCUT2D eigenvalue weighted by atomic mass is 10.2. The third kappa shape index (κ3) is 6.28. The molecule has 0 saturated carbocycles. The molecule has 0 amide bonds. The van der Waals surface area contributed by atoms with Gasteiger partial charge in [-0.3, -0.25) is 4.99 Å². The fourth-order valence-electron chi connectivity index (χ4n) is 2.00. The summed E-state index contributed by atoms with van der Waals surface area (Å²) in [4.78, 5) is 4.67. The molecule has 0 heterocycles. The van der Waals surface area contributed by atoms with Crippen molar-refractivity contribution < 1.29 is 0 Å². The Kier molecular flexibility index (Phi) is 8.42. The van der Waals surface area contributed by atoms with Crippen LogP contribution in [0.25, 0.3) is 5.32 Å². The van der Waals surface area contributed by atoms with Gasteiger partial charge in [-0.1, -0.05) is 76.7 Å². The lowest BCUT2D eigenvalue weighted by Crippen LogP contribution is -1.88. The molecule has 0 saturated heterocycles. The van der Waals surface area contributed by atoms with E-state index < -0.39 is 0 Å². The maximum Gasteiger partial charge on any atom is 0.0917 e. The first-order valence-corrected chi connectivity index (χ1v) is 11.7. The molecule has 0 aromatic heterocycles. The summed E-state index contributed by atoms with van der Waals surface area (Å²) in [6, 6.07) is 7.86. The predicted molar refractivity (Wildman–Crippen MR) is 129 cm³/mol. The molecule has 25 heavy (non-hydrogen) atoms. The smallest absolute Gasteiger partial charge is 0.0917 e. The molecule has 0 aliphatic heterocycles. The number of nitrogens with zero attached hydrogens (tertiary/aromatic N) is 2. The van der Waals surface area contributed by atoms with Crippen molar-refractivity contribution in [3.05, 3.63) is 68.2 Å². The maximum absolute atomic E-state index is 4.67. The summed E-state index contributed by atoms with van der Waals surface area (Å²) in [6.45, 7) is 3.90. The van der Waals surface area contributed by atoms with Crippen molar-refractivity contribution in [2.24, 2.45) is 4.99 Å². The van der Waals surface area contributed by atoms with Gasteiger partial charge in [-0.25, -0.2) is 0 Å². The Labute approximate surface area is 197 Å². The zero-order valence-corrected chi connectivity index (χ0v) is 22.6. The zero-order chi connectivity index (χ0) is 18.7. The van der Waals surface area contributed by atoms with Crippen LogP contribution in [0, 0.1) is 0 Å². The second kappa shape index (κ2) is 9.64.